The van der Waals surface area contributed by atoms with Crippen LogP contribution in [0.5, 0.6) is 0 Å². The minimum Gasteiger partial charge on any atom is -0.380 e. The largest absolute Gasteiger partial charge is 0.380 e. The molecule has 24 heavy (non-hydrogen) atoms. The van der Waals surface area contributed by atoms with Gasteiger partial charge in [0, 0.05) is 18.4 Å². The van der Waals surface area contributed by atoms with E-state index in [1.807, 2.05) is 25.1 Å². The number of nitrogens with one attached hydrogen (secondary N) is 1. The average Bonchev–Trinajstić information content (AvgIpc) is 2.52. The number of hydrogen-bond acceptors (Lipinski definition) is 2. The van der Waals surface area contributed by atoms with Gasteiger partial charge >= 0.3 is 0 Å². The van der Waals surface area contributed by atoms with Gasteiger partial charge in [0.1, 0.15) is 5.82 Å². The van der Waals surface area contributed by atoms with Crippen LogP contribution in [0.4, 0.5) is 10.1 Å². The molecule has 0 aliphatic rings. The van der Waals surface area contributed by atoms with E-state index in [4.69, 9.17) is 10.5 Å². The maximum absolute atomic E-state index is 13.6. The first-order chi connectivity index (χ1) is 11.0. The van der Waals surface area contributed by atoms with E-state index in [1.54, 1.807) is 12.1 Å². The predicted molar refractivity (Wildman–Crippen MR) is 107 cm³/mol. The van der Waals surface area contributed by atoms with Crippen LogP contribution in [-0.2, 0) is 17.9 Å². The van der Waals surface area contributed by atoms with Crippen LogP contribution in [0.3, 0.4) is 0 Å². The summed E-state index contributed by atoms with van der Waals surface area (Å²) in [5, 5.41) is 3.06. The van der Waals surface area contributed by atoms with Gasteiger partial charge in [-0.2, -0.15) is 0 Å². The maximum Gasteiger partial charge on any atom is 0.193 e. The molecule has 3 N–H and O–H groups in total. The van der Waals surface area contributed by atoms with Crippen LogP contribution in [0.2, 0.25) is 0 Å². The van der Waals surface area contributed by atoms with Crippen LogP contribution in [0.25, 0.3) is 0 Å². The van der Waals surface area contributed by atoms with Crippen molar-refractivity contribution < 1.29 is 9.13 Å². The van der Waals surface area contributed by atoms with Crippen molar-refractivity contribution in [1.82, 2.24) is 0 Å². The van der Waals surface area contributed by atoms with Crippen LogP contribution in [0.1, 0.15) is 22.3 Å². The van der Waals surface area contributed by atoms with E-state index in [0.717, 1.165) is 11.3 Å². The molecular weight excluding hydrogens is 420 g/mol. The van der Waals surface area contributed by atoms with Crippen molar-refractivity contribution in [2.24, 2.45) is 10.7 Å². The fraction of sp³-hybridized carbons (Fsp3) is 0.278. The summed E-state index contributed by atoms with van der Waals surface area (Å²) in [6.07, 6.45) is 0. The van der Waals surface area contributed by atoms with E-state index in [1.165, 1.54) is 24.3 Å². The van der Waals surface area contributed by atoms with Gasteiger partial charge in [0.25, 0.3) is 0 Å². The Hall–Kier alpha value is -1.67. The third-order valence-electron chi connectivity index (χ3n) is 3.62. The van der Waals surface area contributed by atoms with Gasteiger partial charge in [-0.3, -0.25) is 0 Å². The minimum atomic E-state index is -0.277. The SMILES string of the molecule is COCc1cc(CN=C(N)Nc2ccc(C)c(C)c2)ccc1F.I. The summed E-state index contributed by atoms with van der Waals surface area (Å²) in [6, 6.07) is 10.9. The lowest BCUT2D eigenvalue weighted by molar-refractivity contribution is 0.181. The molecule has 0 saturated carbocycles. The summed E-state index contributed by atoms with van der Waals surface area (Å²) in [7, 11) is 1.54. The monoisotopic (exact) mass is 443 g/mol. The third kappa shape index (κ3) is 5.76. The van der Waals surface area contributed by atoms with Crippen LogP contribution in [0.15, 0.2) is 41.4 Å². The van der Waals surface area contributed by atoms with E-state index < -0.39 is 0 Å². The number of nitrogens with zero attached hydrogens (tertiary/aromatic N) is 1. The molecule has 0 spiro atoms. The van der Waals surface area contributed by atoms with Crippen molar-refractivity contribution >= 4 is 35.6 Å². The molecule has 2 aromatic carbocycles. The number of benzene rings is 2. The predicted octanol–water partition coefficient (Wildman–Crippen LogP) is 4.13. The van der Waals surface area contributed by atoms with Gasteiger partial charge in [-0.1, -0.05) is 12.1 Å². The van der Waals surface area contributed by atoms with E-state index in [9.17, 15) is 4.39 Å². The third-order valence-corrected chi connectivity index (χ3v) is 3.62. The van der Waals surface area contributed by atoms with Crippen molar-refractivity contribution in [3.05, 3.63) is 64.5 Å². The van der Waals surface area contributed by atoms with E-state index in [0.29, 0.717) is 18.1 Å². The number of halogens is 2. The van der Waals surface area contributed by atoms with Crippen LogP contribution in [0, 0.1) is 19.7 Å². The standard InChI is InChI=1S/C18H22FN3O.HI/c1-12-4-6-16(8-13(12)2)22-18(20)21-10-14-5-7-17(19)15(9-14)11-23-3;/h4-9H,10-11H2,1-3H3,(H3,20,21,22);1H. The van der Waals surface area contributed by atoms with Crippen molar-refractivity contribution in [2.75, 3.05) is 12.4 Å². The Kier molecular flexibility index (Phi) is 8.14. The highest BCUT2D eigenvalue weighted by Gasteiger charge is 2.04. The summed E-state index contributed by atoms with van der Waals surface area (Å²) < 4.78 is 18.5. The lowest BCUT2D eigenvalue weighted by atomic mass is 10.1. The molecule has 0 radical (unpaired) electrons. The zero-order chi connectivity index (χ0) is 16.8. The number of aryl methyl sites for hydroxylation is 2. The van der Waals surface area contributed by atoms with Gasteiger partial charge < -0.3 is 15.8 Å². The van der Waals surface area contributed by atoms with E-state index >= 15 is 0 Å². The highest BCUT2D eigenvalue weighted by Crippen LogP contribution is 2.15. The van der Waals surface area contributed by atoms with Gasteiger partial charge in [-0.05, 0) is 54.8 Å². The normalized spacial score (nSPS) is 11.1. The summed E-state index contributed by atoms with van der Waals surface area (Å²) in [6.45, 7) is 4.72. The van der Waals surface area contributed by atoms with Crippen molar-refractivity contribution in [3.8, 4) is 0 Å². The van der Waals surface area contributed by atoms with E-state index in [2.05, 4.69) is 17.2 Å². The van der Waals surface area contributed by atoms with Crippen LogP contribution in [-0.4, -0.2) is 13.1 Å². The highest BCUT2D eigenvalue weighted by atomic mass is 127. The molecule has 0 aromatic heterocycles. The van der Waals surface area contributed by atoms with Gasteiger partial charge in [0.15, 0.2) is 5.96 Å². The number of hydrogen-bond donors (Lipinski definition) is 2. The number of guanidine groups is 1. The van der Waals surface area contributed by atoms with Crippen molar-refractivity contribution in [3.63, 3.8) is 0 Å². The van der Waals surface area contributed by atoms with Crippen molar-refractivity contribution in [2.45, 2.75) is 27.0 Å². The first-order valence-electron chi connectivity index (χ1n) is 7.40. The number of methoxy groups -OCH3 is 1. The second kappa shape index (κ2) is 9.58. The molecule has 0 atom stereocenters. The average molecular weight is 443 g/mol. The zero-order valence-electron chi connectivity index (χ0n) is 14.1. The fourth-order valence-electron chi connectivity index (χ4n) is 2.18. The zero-order valence-corrected chi connectivity index (χ0v) is 16.4. The summed E-state index contributed by atoms with van der Waals surface area (Å²) in [5.74, 6) is 0.0478. The minimum absolute atomic E-state index is 0. The Morgan fingerprint density at radius 3 is 2.58 bits per heavy atom. The van der Waals surface area contributed by atoms with Gasteiger partial charge in [-0.25, -0.2) is 9.38 Å². The first kappa shape index (κ1) is 20.4. The summed E-state index contributed by atoms with van der Waals surface area (Å²) in [5.41, 5.74) is 10.6. The number of rotatable bonds is 5. The Morgan fingerprint density at radius 2 is 1.92 bits per heavy atom. The number of nitrogens with two attached hydrogens (primary N) is 1. The molecule has 0 saturated heterocycles. The smallest absolute Gasteiger partial charge is 0.193 e. The second-order valence-corrected chi connectivity index (χ2v) is 5.48. The number of anilines is 1. The molecule has 0 heterocycles. The number of ether oxygens (including phenoxy) is 1. The lowest BCUT2D eigenvalue weighted by Crippen LogP contribution is -2.22. The van der Waals surface area contributed by atoms with Crippen LogP contribution < -0.4 is 11.1 Å². The molecule has 0 aliphatic heterocycles. The highest BCUT2D eigenvalue weighted by molar-refractivity contribution is 14.0. The van der Waals surface area contributed by atoms with Crippen LogP contribution >= 0.6 is 24.0 Å². The fourth-order valence-corrected chi connectivity index (χ4v) is 2.18. The molecule has 130 valence electrons. The Bertz CT molecular complexity index is 719. The van der Waals surface area contributed by atoms with Crippen molar-refractivity contribution in [1.29, 1.82) is 0 Å². The number of aliphatic imine (C=N–C) groups is 1. The molecule has 0 unspecified atom stereocenters. The molecule has 0 fully saturated rings. The molecule has 0 aliphatic carbocycles. The summed E-state index contributed by atoms with van der Waals surface area (Å²) >= 11 is 0. The quantitative estimate of drug-likeness (QED) is 0.415. The Balaban J connectivity index is 0.00000288. The second-order valence-electron chi connectivity index (χ2n) is 5.48. The van der Waals surface area contributed by atoms with Gasteiger partial charge in [0.05, 0.1) is 13.2 Å². The molecule has 4 nitrogen and oxygen atoms in total. The Labute approximate surface area is 159 Å². The first-order valence-corrected chi connectivity index (χ1v) is 7.40. The molecular formula is C18H23FIN3O. The molecule has 6 heteroatoms. The molecule has 0 bridgehead atoms. The maximum atomic E-state index is 13.6. The van der Waals surface area contributed by atoms with Gasteiger partial charge in [0.2, 0.25) is 0 Å². The Morgan fingerprint density at radius 1 is 1.17 bits per heavy atom. The lowest BCUT2D eigenvalue weighted by Gasteiger charge is -2.08. The summed E-state index contributed by atoms with van der Waals surface area (Å²) in [4.78, 5) is 4.29. The molecule has 2 aromatic rings. The molecule has 0 amide bonds. The molecule has 2 rings (SSSR count). The van der Waals surface area contributed by atoms with Gasteiger partial charge in [-0.15, -0.1) is 24.0 Å². The van der Waals surface area contributed by atoms with E-state index in [-0.39, 0.29) is 36.4 Å². The topological polar surface area (TPSA) is 59.6 Å².